The first-order valence-electron chi connectivity index (χ1n) is 9.52. The third-order valence-electron chi connectivity index (χ3n) is 4.55. The minimum Gasteiger partial charge on any atom is -0.393 e. The summed E-state index contributed by atoms with van der Waals surface area (Å²) in [6.45, 7) is 4.50. The molecule has 2 heterocycles. The molecule has 2 aromatic heterocycles. The summed E-state index contributed by atoms with van der Waals surface area (Å²) in [5.41, 5.74) is 4.53. The Morgan fingerprint density at radius 1 is 1.26 bits per heavy atom. The van der Waals surface area contributed by atoms with Gasteiger partial charge in [-0.2, -0.15) is 0 Å². The highest BCUT2D eigenvalue weighted by molar-refractivity contribution is 7.20. The van der Waals surface area contributed by atoms with Gasteiger partial charge in [0.05, 0.1) is 22.8 Å². The molecule has 0 radical (unpaired) electrons. The zero-order valence-electron chi connectivity index (χ0n) is 17.2. The average molecular weight is 448 g/mol. The molecule has 1 amide bonds. The van der Waals surface area contributed by atoms with Crippen LogP contribution >= 0.6 is 11.3 Å². The Kier molecular flexibility index (Phi) is 6.40. The number of nitrogens with two attached hydrogens (primary N) is 1. The lowest BCUT2D eigenvalue weighted by Gasteiger charge is -2.18. The Hall–Kier alpha value is -2.88. The van der Waals surface area contributed by atoms with E-state index in [0.717, 1.165) is 23.5 Å². The first-order chi connectivity index (χ1) is 14.5. The van der Waals surface area contributed by atoms with E-state index < -0.39 is 29.2 Å². The van der Waals surface area contributed by atoms with E-state index in [-0.39, 0.29) is 26.6 Å². The summed E-state index contributed by atoms with van der Waals surface area (Å²) < 4.78 is 29.5. The summed E-state index contributed by atoms with van der Waals surface area (Å²) in [5.74, 6) is -2.09. The smallest absolute Gasteiger partial charge is 0.251 e. The number of aromatic nitrogens is 1. The Labute approximate surface area is 182 Å². The van der Waals surface area contributed by atoms with E-state index in [1.165, 1.54) is 19.9 Å². The monoisotopic (exact) mass is 447 g/mol. The number of anilines is 2. The Bertz CT molecular complexity index is 1100. The van der Waals surface area contributed by atoms with Crippen LogP contribution < -0.4 is 11.1 Å². The molecule has 3 rings (SSSR count). The summed E-state index contributed by atoms with van der Waals surface area (Å²) >= 11 is 0.953. The van der Waals surface area contributed by atoms with E-state index in [0.29, 0.717) is 17.9 Å². The van der Waals surface area contributed by atoms with Crippen LogP contribution in [-0.2, 0) is 12.0 Å². The van der Waals surface area contributed by atoms with Gasteiger partial charge < -0.3 is 21.3 Å². The predicted molar refractivity (Wildman–Crippen MR) is 116 cm³/mol. The largest absolute Gasteiger partial charge is 0.393 e. The Morgan fingerprint density at radius 3 is 2.45 bits per heavy atom. The molecule has 3 aromatic rings. The standard InChI is InChI=1S/C22H23F2N3O3S/c1-11(28)7-13-5-4-6-18(26-13)27-21-14(20(25)29)10-17(31-21)19-15(23)8-12(9-16(19)24)22(2,3)30/h4-6,8-11,28,30H,7H2,1-3H3,(H2,25,29)(H,26,27). The molecular weight excluding hydrogens is 424 g/mol. The molecule has 0 saturated carbocycles. The molecule has 31 heavy (non-hydrogen) atoms. The number of halogens is 2. The fraction of sp³-hybridized carbons (Fsp3) is 0.273. The van der Waals surface area contributed by atoms with Crippen molar-refractivity contribution in [1.82, 2.24) is 4.98 Å². The molecule has 0 bridgehead atoms. The van der Waals surface area contributed by atoms with Crippen LogP contribution in [0, 0.1) is 11.6 Å². The highest BCUT2D eigenvalue weighted by Gasteiger charge is 2.24. The van der Waals surface area contributed by atoms with Gasteiger partial charge in [0, 0.05) is 17.0 Å². The number of thiophene rings is 1. The van der Waals surface area contributed by atoms with E-state index >= 15 is 0 Å². The number of pyridine rings is 1. The number of hydrogen-bond acceptors (Lipinski definition) is 6. The van der Waals surface area contributed by atoms with Gasteiger partial charge in [-0.15, -0.1) is 11.3 Å². The third-order valence-corrected chi connectivity index (χ3v) is 5.61. The van der Waals surface area contributed by atoms with Gasteiger partial charge in [0.15, 0.2) is 0 Å². The van der Waals surface area contributed by atoms with Gasteiger partial charge in [-0.05, 0) is 56.7 Å². The number of benzene rings is 1. The lowest BCUT2D eigenvalue weighted by atomic mass is 9.96. The van der Waals surface area contributed by atoms with Crippen LogP contribution in [0.25, 0.3) is 10.4 Å². The molecule has 0 aliphatic carbocycles. The molecular formula is C22H23F2N3O3S. The van der Waals surface area contributed by atoms with Crippen LogP contribution in [0.3, 0.4) is 0 Å². The van der Waals surface area contributed by atoms with Crippen LogP contribution in [-0.4, -0.2) is 27.2 Å². The minimum atomic E-state index is -1.41. The summed E-state index contributed by atoms with van der Waals surface area (Å²) in [4.78, 5) is 16.5. The maximum absolute atomic E-state index is 14.8. The van der Waals surface area contributed by atoms with Crippen molar-refractivity contribution < 1.29 is 23.8 Å². The number of primary amides is 1. The number of aliphatic hydroxyl groups is 2. The lowest BCUT2D eigenvalue weighted by Crippen LogP contribution is -2.16. The highest BCUT2D eigenvalue weighted by Crippen LogP contribution is 2.40. The molecule has 1 atom stereocenters. The van der Waals surface area contributed by atoms with Gasteiger partial charge in [-0.1, -0.05) is 6.07 Å². The van der Waals surface area contributed by atoms with E-state index in [4.69, 9.17) is 5.73 Å². The van der Waals surface area contributed by atoms with Gasteiger partial charge in [0.25, 0.3) is 5.91 Å². The number of rotatable bonds is 7. The number of carbonyl (C=O) groups excluding carboxylic acids is 1. The number of nitrogens with one attached hydrogen (secondary N) is 1. The normalized spacial score (nSPS) is 12.6. The molecule has 6 nitrogen and oxygen atoms in total. The Morgan fingerprint density at radius 2 is 1.90 bits per heavy atom. The van der Waals surface area contributed by atoms with Gasteiger partial charge in [-0.25, -0.2) is 13.8 Å². The topological polar surface area (TPSA) is 108 Å². The summed E-state index contributed by atoms with van der Waals surface area (Å²) in [7, 11) is 0. The molecule has 0 aliphatic heterocycles. The molecule has 0 saturated heterocycles. The number of nitrogens with zero attached hydrogens (tertiary/aromatic N) is 1. The van der Waals surface area contributed by atoms with Crippen LogP contribution in [0.15, 0.2) is 36.4 Å². The minimum absolute atomic E-state index is 0.0630. The first-order valence-corrected chi connectivity index (χ1v) is 10.3. The maximum Gasteiger partial charge on any atom is 0.251 e. The second kappa shape index (κ2) is 8.70. The van der Waals surface area contributed by atoms with E-state index in [2.05, 4.69) is 10.3 Å². The van der Waals surface area contributed by atoms with Gasteiger partial charge in [0.2, 0.25) is 0 Å². The molecule has 0 spiro atoms. The zero-order valence-corrected chi connectivity index (χ0v) is 18.1. The van der Waals surface area contributed by atoms with Gasteiger partial charge in [0.1, 0.15) is 22.5 Å². The SMILES string of the molecule is CC(O)Cc1cccc(Nc2sc(-c3c(F)cc(C(C)(C)O)cc3F)cc2C(N)=O)n1. The molecule has 164 valence electrons. The highest BCUT2D eigenvalue weighted by atomic mass is 32.1. The number of aliphatic hydroxyl groups excluding tert-OH is 1. The molecule has 0 fully saturated rings. The van der Waals surface area contributed by atoms with E-state index in [1.54, 1.807) is 25.1 Å². The lowest BCUT2D eigenvalue weighted by molar-refractivity contribution is 0.0778. The van der Waals surface area contributed by atoms with Gasteiger partial charge >= 0.3 is 0 Å². The third kappa shape index (κ3) is 5.25. The number of hydrogen-bond donors (Lipinski definition) is 4. The summed E-state index contributed by atoms with van der Waals surface area (Å²) in [5, 5.41) is 22.8. The van der Waals surface area contributed by atoms with Crippen molar-refractivity contribution in [1.29, 1.82) is 0 Å². The van der Waals surface area contributed by atoms with Crippen molar-refractivity contribution in [2.45, 2.75) is 38.9 Å². The van der Waals surface area contributed by atoms with Crippen molar-refractivity contribution in [2.24, 2.45) is 5.73 Å². The van der Waals surface area contributed by atoms with Crippen molar-refractivity contribution >= 4 is 28.1 Å². The predicted octanol–water partition coefficient (Wildman–Crippen LogP) is 4.08. The second-order valence-electron chi connectivity index (χ2n) is 7.78. The van der Waals surface area contributed by atoms with E-state index in [9.17, 15) is 23.8 Å². The number of amides is 1. The van der Waals surface area contributed by atoms with Gasteiger partial charge in [-0.3, -0.25) is 4.79 Å². The zero-order chi connectivity index (χ0) is 22.9. The summed E-state index contributed by atoms with van der Waals surface area (Å²) in [6.07, 6.45) is -0.229. The first kappa shape index (κ1) is 22.8. The molecule has 9 heteroatoms. The van der Waals surface area contributed by atoms with E-state index in [1.807, 2.05) is 0 Å². The average Bonchev–Trinajstić information content (AvgIpc) is 3.03. The quantitative estimate of drug-likeness (QED) is 0.436. The van der Waals surface area contributed by atoms with Crippen LogP contribution in [0.2, 0.25) is 0 Å². The molecule has 0 aliphatic rings. The molecule has 1 aromatic carbocycles. The van der Waals surface area contributed by atoms with Crippen LogP contribution in [0.1, 0.15) is 42.4 Å². The fourth-order valence-corrected chi connectivity index (χ4v) is 4.15. The van der Waals surface area contributed by atoms with Crippen molar-refractivity contribution in [3.63, 3.8) is 0 Å². The van der Waals surface area contributed by atoms with Crippen LogP contribution in [0.4, 0.5) is 19.6 Å². The number of carbonyl (C=O) groups is 1. The molecule has 5 N–H and O–H groups in total. The van der Waals surface area contributed by atoms with Crippen molar-refractivity contribution in [2.75, 3.05) is 5.32 Å². The van der Waals surface area contributed by atoms with Crippen molar-refractivity contribution in [3.8, 4) is 10.4 Å². The fourth-order valence-electron chi connectivity index (χ4n) is 3.03. The van der Waals surface area contributed by atoms with Crippen molar-refractivity contribution in [3.05, 3.63) is 64.9 Å². The summed E-state index contributed by atoms with van der Waals surface area (Å²) in [6, 6.07) is 8.60. The molecule has 1 unspecified atom stereocenters. The second-order valence-corrected chi connectivity index (χ2v) is 8.84. The van der Waals surface area contributed by atoms with Crippen LogP contribution in [0.5, 0.6) is 0 Å². The Balaban J connectivity index is 2.02. The maximum atomic E-state index is 14.8.